The van der Waals surface area contributed by atoms with E-state index in [9.17, 15) is 4.79 Å². The fraction of sp³-hybridized carbons (Fsp3) is 0.765. The Morgan fingerprint density at radius 3 is 2.86 bits per heavy atom. The molecule has 2 fully saturated rings. The molecule has 2 aliphatic rings. The molecule has 4 nitrogen and oxygen atoms in total. The summed E-state index contributed by atoms with van der Waals surface area (Å²) in [6.45, 7) is 6.43. The molecule has 1 aliphatic heterocycles. The van der Waals surface area contributed by atoms with E-state index in [2.05, 4.69) is 27.9 Å². The van der Waals surface area contributed by atoms with Gasteiger partial charge in [0.15, 0.2) is 0 Å². The maximum absolute atomic E-state index is 12.5. The van der Waals surface area contributed by atoms with Crippen LogP contribution in [0.3, 0.4) is 0 Å². The first kappa shape index (κ1) is 15.9. The lowest BCUT2D eigenvalue weighted by molar-refractivity contribution is -0.123. The number of nitrogens with one attached hydrogen (secondary N) is 2. The molecule has 1 aromatic rings. The van der Waals surface area contributed by atoms with Crippen LogP contribution in [0.25, 0.3) is 0 Å². The molecular weight excluding hydrogens is 294 g/mol. The predicted octanol–water partition coefficient (Wildman–Crippen LogP) is 3.04. The van der Waals surface area contributed by atoms with Gasteiger partial charge in [-0.25, -0.2) is 4.98 Å². The van der Waals surface area contributed by atoms with Crippen LogP contribution in [-0.2, 0) is 4.79 Å². The van der Waals surface area contributed by atoms with E-state index in [1.165, 1.54) is 25.7 Å². The Kier molecular flexibility index (Phi) is 5.14. The smallest absolute Gasteiger partial charge is 0.220 e. The minimum Gasteiger partial charge on any atom is -0.347 e. The SMILES string of the molecule is Cc1csc(C(NC(=O)CC(C)C2CCCNC2)C2CC2)n1. The third kappa shape index (κ3) is 4.07. The molecule has 3 rings (SSSR count). The van der Waals surface area contributed by atoms with E-state index >= 15 is 0 Å². The average molecular weight is 321 g/mol. The highest BCUT2D eigenvalue weighted by molar-refractivity contribution is 7.09. The Bertz CT molecular complexity index is 506. The number of carbonyl (C=O) groups is 1. The van der Waals surface area contributed by atoms with Crippen molar-refractivity contribution in [2.24, 2.45) is 17.8 Å². The fourth-order valence-electron chi connectivity index (χ4n) is 3.38. The number of aromatic nitrogens is 1. The van der Waals surface area contributed by atoms with Gasteiger partial charge in [0.1, 0.15) is 5.01 Å². The van der Waals surface area contributed by atoms with Crippen LogP contribution in [0, 0.1) is 24.7 Å². The van der Waals surface area contributed by atoms with Gasteiger partial charge in [0.2, 0.25) is 5.91 Å². The van der Waals surface area contributed by atoms with E-state index in [0.717, 1.165) is 23.8 Å². The number of piperidine rings is 1. The molecule has 122 valence electrons. The highest BCUT2D eigenvalue weighted by Crippen LogP contribution is 2.42. The highest BCUT2D eigenvalue weighted by atomic mass is 32.1. The summed E-state index contributed by atoms with van der Waals surface area (Å²) in [4.78, 5) is 17.1. The van der Waals surface area contributed by atoms with E-state index in [-0.39, 0.29) is 11.9 Å². The van der Waals surface area contributed by atoms with Gasteiger partial charge in [-0.15, -0.1) is 11.3 Å². The Hall–Kier alpha value is -0.940. The third-order valence-electron chi connectivity index (χ3n) is 4.96. The van der Waals surface area contributed by atoms with Crippen molar-refractivity contribution in [3.05, 3.63) is 16.1 Å². The van der Waals surface area contributed by atoms with Gasteiger partial charge in [0, 0.05) is 17.5 Å². The molecule has 22 heavy (non-hydrogen) atoms. The van der Waals surface area contributed by atoms with E-state index in [1.807, 2.05) is 6.92 Å². The molecule has 2 N–H and O–H groups in total. The van der Waals surface area contributed by atoms with Crippen molar-refractivity contribution in [1.29, 1.82) is 0 Å². The van der Waals surface area contributed by atoms with Crippen LogP contribution in [-0.4, -0.2) is 24.0 Å². The van der Waals surface area contributed by atoms with Gasteiger partial charge in [-0.3, -0.25) is 4.79 Å². The van der Waals surface area contributed by atoms with Crippen molar-refractivity contribution in [2.75, 3.05) is 13.1 Å². The first-order chi connectivity index (χ1) is 10.6. The van der Waals surface area contributed by atoms with Gasteiger partial charge >= 0.3 is 0 Å². The number of carbonyl (C=O) groups excluding carboxylic acids is 1. The van der Waals surface area contributed by atoms with Gasteiger partial charge in [-0.2, -0.15) is 0 Å². The summed E-state index contributed by atoms with van der Waals surface area (Å²) in [5.41, 5.74) is 1.06. The fourth-order valence-corrected chi connectivity index (χ4v) is 4.32. The highest BCUT2D eigenvalue weighted by Gasteiger charge is 2.35. The van der Waals surface area contributed by atoms with Crippen LogP contribution in [0.5, 0.6) is 0 Å². The zero-order chi connectivity index (χ0) is 15.5. The van der Waals surface area contributed by atoms with Crippen molar-refractivity contribution in [1.82, 2.24) is 15.6 Å². The molecule has 3 unspecified atom stereocenters. The Labute approximate surface area is 137 Å². The second-order valence-corrected chi connectivity index (χ2v) is 7.89. The zero-order valence-electron chi connectivity index (χ0n) is 13.6. The quantitative estimate of drug-likeness (QED) is 0.847. The summed E-state index contributed by atoms with van der Waals surface area (Å²) in [5.74, 6) is 1.88. The number of aryl methyl sites for hydroxylation is 1. The Balaban J connectivity index is 1.55. The standard InChI is InChI=1S/C17H27N3OS/c1-11(14-4-3-7-18-9-14)8-15(21)20-16(13-5-6-13)17-19-12(2)10-22-17/h10-11,13-14,16,18H,3-9H2,1-2H3,(H,20,21). The summed E-state index contributed by atoms with van der Waals surface area (Å²) >= 11 is 1.68. The molecule has 0 spiro atoms. The summed E-state index contributed by atoms with van der Waals surface area (Å²) in [5, 5.41) is 9.87. The minimum atomic E-state index is 0.142. The minimum absolute atomic E-state index is 0.142. The van der Waals surface area contributed by atoms with Crippen LogP contribution in [0.1, 0.15) is 55.8 Å². The van der Waals surface area contributed by atoms with E-state index in [4.69, 9.17) is 0 Å². The number of amides is 1. The van der Waals surface area contributed by atoms with Gasteiger partial charge in [0.25, 0.3) is 0 Å². The van der Waals surface area contributed by atoms with E-state index in [0.29, 0.717) is 24.2 Å². The lowest BCUT2D eigenvalue weighted by Crippen LogP contribution is -2.36. The van der Waals surface area contributed by atoms with Crippen LogP contribution in [0.2, 0.25) is 0 Å². The number of rotatable bonds is 6. The molecule has 0 aromatic carbocycles. The van der Waals surface area contributed by atoms with Crippen molar-refractivity contribution in [3.63, 3.8) is 0 Å². The van der Waals surface area contributed by atoms with Gasteiger partial charge in [-0.1, -0.05) is 6.92 Å². The lowest BCUT2D eigenvalue weighted by atomic mass is 9.85. The summed E-state index contributed by atoms with van der Waals surface area (Å²) in [6.07, 6.45) is 5.55. The largest absolute Gasteiger partial charge is 0.347 e. The molecule has 0 radical (unpaired) electrons. The van der Waals surface area contributed by atoms with Crippen LogP contribution < -0.4 is 10.6 Å². The van der Waals surface area contributed by atoms with Crippen molar-refractivity contribution >= 4 is 17.2 Å². The second-order valence-electron chi connectivity index (χ2n) is 7.00. The van der Waals surface area contributed by atoms with Crippen molar-refractivity contribution in [2.45, 2.75) is 52.0 Å². The molecule has 5 heteroatoms. The Morgan fingerprint density at radius 1 is 1.45 bits per heavy atom. The lowest BCUT2D eigenvalue weighted by Gasteiger charge is -2.28. The maximum Gasteiger partial charge on any atom is 0.220 e. The molecule has 1 aliphatic carbocycles. The van der Waals surface area contributed by atoms with E-state index in [1.54, 1.807) is 11.3 Å². The number of nitrogens with zero attached hydrogens (tertiary/aromatic N) is 1. The number of hydrogen-bond acceptors (Lipinski definition) is 4. The average Bonchev–Trinajstić information content (AvgIpc) is 3.27. The number of thiazole rings is 1. The van der Waals surface area contributed by atoms with Gasteiger partial charge in [0.05, 0.1) is 6.04 Å². The zero-order valence-corrected chi connectivity index (χ0v) is 14.4. The molecule has 1 saturated heterocycles. The Morgan fingerprint density at radius 2 is 2.27 bits per heavy atom. The molecule has 1 aromatic heterocycles. The maximum atomic E-state index is 12.5. The number of hydrogen-bond donors (Lipinski definition) is 2. The van der Waals surface area contributed by atoms with Crippen LogP contribution in [0.15, 0.2) is 5.38 Å². The summed E-state index contributed by atoms with van der Waals surface area (Å²) in [7, 11) is 0. The summed E-state index contributed by atoms with van der Waals surface area (Å²) in [6, 6.07) is 0.142. The molecule has 1 saturated carbocycles. The topological polar surface area (TPSA) is 54.0 Å². The molecular formula is C17H27N3OS. The van der Waals surface area contributed by atoms with Gasteiger partial charge < -0.3 is 10.6 Å². The van der Waals surface area contributed by atoms with Crippen LogP contribution >= 0.6 is 11.3 Å². The monoisotopic (exact) mass is 321 g/mol. The first-order valence-electron chi connectivity index (χ1n) is 8.55. The normalized spacial score (nSPS) is 24.7. The third-order valence-corrected chi connectivity index (χ3v) is 6.01. The first-order valence-corrected chi connectivity index (χ1v) is 9.43. The van der Waals surface area contributed by atoms with Crippen molar-refractivity contribution < 1.29 is 4.79 Å². The molecule has 3 atom stereocenters. The second kappa shape index (κ2) is 7.09. The molecule has 0 bridgehead atoms. The predicted molar refractivity (Wildman–Crippen MR) is 89.8 cm³/mol. The van der Waals surface area contributed by atoms with E-state index < -0.39 is 0 Å². The molecule has 1 amide bonds. The summed E-state index contributed by atoms with van der Waals surface area (Å²) < 4.78 is 0. The molecule has 2 heterocycles. The van der Waals surface area contributed by atoms with Crippen LogP contribution in [0.4, 0.5) is 0 Å². The van der Waals surface area contributed by atoms with Gasteiger partial charge in [-0.05, 0) is 63.5 Å². The van der Waals surface area contributed by atoms with Crippen molar-refractivity contribution in [3.8, 4) is 0 Å².